The Hall–Kier alpha value is -5.24. The van der Waals surface area contributed by atoms with Crippen molar-refractivity contribution in [2.24, 2.45) is 24.3 Å². The Morgan fingerprint density at radius 1 is 0.914 bits per heavy atom. The fraction of sp³-hybridized carbons (Fsp3) is 0.590. The zero-order chi connectivity index (χ0) is 42.9. The van der Waals surface area contributed by atoms with Crippen LogP contribution in [0.3, 0.4) is 0 Å². The van der Waals surface area contributed by atoms with Crippen LogP contribution in [0.1, 0.15) is 80.8 Å². The van der Waals surface area contributed by atoms with E-state index >= 15 is 0 Å². The van der Waals surface area contributed by atoms with Crippen molar-refractivity contribution in [3.8, 4) is 0 Å². The van der Waals surface area contributed by atoms with Crippen LogP contribution in [0.15, 0.2) is 41.5 Å². The molecule has 0 aromatic carbocycles. The second-order valence-electron chi connectivity index (χ2n) is 15.8. The Morgan fingerprint density at radius 3 is 2.19 bits per heavy atom. The minimum atomic E-state index is -2.85. The number of cyclic esters (lactones) is 1. The quantitative estimate of drug-likeness (QED) is 0.254. The van der Waals surface area contributed by atoms with Gasteiger partial charge in [0, 0.05) is 52.2 Å². The van der Waals surface area contributed by atoms with Gasteiger partial charge in [-0.3, -0.25) is 29.0 Å². The van der Waals surface area contributed by atoms with E-state index in [0.717, 1.165) is 50.6 Å². The number of esters is 6. The topological polar surface area (TPSA) is 263 Å². The molecule has 13 unspecified atom stereocenters. The van der Waals surface area contributed by atoms with Gasteiger partial charge >= 0.3 is 35.8 Å². The van der Waals surface area contributed by atoms with Crippen molar-refractivity contribution >= 4 is 35.8 Å². The van der Waals surface area contributed by atoms with E-state index in [1.54, 1.807) is 6.92 Å². The number of aliphatic hydroxyl groups excluding tert-OH is 2. The predicted molar refractivity (Wildman–Crippen MR) is 191 cm³/mol. The van der Waals surface area contributed by atoms with Gasteiger partial charge in [0.15, 0.2) is 17.8 Å². The van der Waals surface area contributed by atoms with E-state index in [0.29, 0.717) is 0 Å². The number of aliphatic hydroxyl groups is 3. The summed E-state index contributed by atoms with van der Waals surface area (Å²) in [7, 11) is 1.36. The Labute approximate surface area is 331 Å². The molecule has 6 rings (SSSR count). The Bertz CT molecular complexity index is 2100. The third-order valence-electron chi connectivity index (χ3n) is 12.2. The number of nitrogens with zero attached hydrogens (tertiary/aromatic N) is 2. The maximum absolute atomic E-state index is 14.3. The second-order valence-corrected chi connectivity index (χ2v) is 15.8. The molecule has 0 radical (unpaired) electrons. The molecule has 2 aromatic rings. The van der Waals surface area contributed by atoms with Crippen LogP contribution in [-0.4, -0.2) is 127 Å². The number of carbonyl (C=O) groups excluding carboxylic acids is 6. The molecule has 3 N–H and O–H groups in total. The molecule has 2 aromatic heterocycles. The average molecular weight is 815 g/mol. The summed E-state index contributed by atoms with van der Waals surface area (Å²) in [5.74, 6) is -9.73. The minimum absolute atomic E-state index is 0.0431. The van der Waals surface area contributed by atoms with Gasteiger partial charge in [0.1, 0.15) is 48.8 Å². The van der Waals surface area contributed by atoms with Gasteiger partial charge in [-0.2, -0.15) is 0 Å². The van der Waals surface area contributed by atoms with Gasteiger partial charge in [-0.15, -0.1) is 0 Å². The number of hydrogen-bond donors (Lipinski definition) is 3. The number of aromatic nitrogens is 2. The standard InChI is InChI=1S/C39H46N2O17/c1-17-18(2)33(48)57-32-28(56-34(49)22-11-12-24(45)41(8)14-22)30(47)38(16-52-19(3)42)29(46)27(54-20(4)43)25-31(55-21(5)44)39(38,37(32,7)51)58-36(25,6)15-53-35(50)23-10-9-13-40-26(17)23/h9-14,17-18,25,27-32,46-47,51H,15-16H2,1-8H3. The highest BCUT2D eigenvalue weighted by Gasteiger charge is 2.90. The van der Waals surface area contributed by atoms with Crippen molar-refractivity contribution in [3.05, 3.63) is 63.8 Å². The molecule has 2 aliphatic carbocycles. The summed E-state index contributed by atoms with van der Waals surface area (Å²) in [5.41, 5.74) is -10.9. The first-order valence-corrected chi connectivity index (χ1v) is 18.5. The van der Waals surface area contributed by atoms with Crippen molar-refractivity contribution in [1.29, 1.82) is 0 Å². The lowest BCUT2D eigenvalue weighted by molar-refractivity contribution is -0.385. The monoisotopic (exact) mass is 814 g/mol. The molecule has 4 bridgehead atoms. The first-order valence-electron chi connectivity index (χ1n) is 18.5. The van der Waals surface area contributed by atoms with Crippen LogP contribution in [0.5, 0.6) is 0 Å². The number of pyridine rings is 2. The Morgan fingerprint density at radius 2 is 1.57 bits per heavy atom. The summed E-state index contributed by atoms with van der Waals surface area (Å²) >= 11 is 0. The summed E-state index contributed by atoms with van der Waals surface area (Å²) < 4.78 is 42.9. The number of carbonyl (C=O) groups is 6. The van der Waals surface area contributed by atoms with Crippen LogP contribution >= 0.6 is 0 Å². The van der Waals surface area contributed by atoms with Gasteiger partial charge in [-0.05, 0) is 32.0 Å². The van der Waals surface area contributed by atoms with Gasteiger partial charge in [0.25, 0.3) is 0 Å². The highest BCUT2D eigenvalue weighted by atomic mass is 16.7. The molecule has 58 heavy (non-hydrogen) atoms. The molecule has 4 heterocycles. The Balaban J connectivity index is 1.69. The van der Waals surface area contributed by atoms with Crippen LogP contribution in [0.4, 0.5) is 0 Å². The molecular weight excluding hydrogens is 768 g/mol. The molecule has 19 heteroatoms. The largest absolute Gasteiger partial charge is 0.465 e. The van der Waals surface area contributed by atoms with E-state index in [1.165, 1.54) is 39.2 Å². The van der Waals surface area contributed by atoms with E-state index in [1.807, 2.05) is 0 Å². The van der Waals surface area contributed by atoms with Crippen LogP contribution in [0.25, 0.3) is 0 Å². The summed E-state index contributed by atoms with van der Waals surface area (Å²) in [5, 5.41) is 38.8. The molecule has 13 atom stereocenters. The maximum atomic E-state index is 14.3. The number of ether oxygens (including phenoxy) is 7. The lowest BCUT2D eigenvalue weighted by Crippen LogP contribution is -2.88. The number of rotatable bonds is 6. The van der Waals surface area contributed by atoms with E-state index in [2.05, 4.69) is 4.98 Å². The number of hydrogen-bond acceptors (Lipinski definition) is 18. The van der Waals surface area contributed by atoms with Crippen LogP contribution in [-0.2, 0) is 59.4 Å². The van der Waals surface area contributed by atoms with Gasteiger partial charge in [-0.25, -0.2) is 9.59 Å². The summed E-state index contributed by atoms with van der Waals surface area (Å²) in [6, 6.07) is 5.08. The zero-order valence-corrected chi connectivity index (χ0v) is 33.0. The SMILES string of the molecule is CC(=O)OCC12C(O)C(OC(C)=O)C3C(OC(C)=O)C14OC3(C)COC(=O)c1cccnc1C(C)C(C)C(=O)OC(C(OC(=O)c1ccc(=O)n(C)c1)C2O)C4(C)O. The molecule has 3 fully saturated rings. The van der Waals surface area contributed by atoms with E-state index in [-0.39, 0.29) is 16.8 Å². The van der Waals surface area contributed by atoms with Crippen molar-refractivity contribution < 1.29 is 77.2 Å². The summed E-state index contributed by atoms with van der Waals surface area (Å²) in [6.45, 7) is 6.64. The van der Waals surface area contributed by atoms with Crippen molar-refractivity contribution in [3.63, 3.8) is 0 Å². The molecule has 2 aliphatic heterocycles. The lowest BCUT2D eigenvalue weighted by atomic mass is 9.45. The molecule has 1 spiro atoms. The predicted octanol–water partition coefficient (Wildman–Crippen LogP) is -0.115. The van der Waals surface area contributed by atoms with Crippen molar-refractivity contribution in [1.82, 2.24) is 9.55 Å². The molecule has 2 saturated carbocycles. The molecule has 0 amide bonds. The number of fused-ring (bicyclic) bond motifs is 5. The molecule has 1 saturated heterocycles. The van der Waals surface area contributed by atoms with Gasteiger partial charge in [0.05, 0.1) is 34.1 Å². The average Bonchev–Trinajstić information content (AvgIpc) is 3.37. The van der Waals surface area contributed by atoms with Crippen LogP contribution < -0.4 is 5.56 Å². The van der Waals surface area contributed by atoms with E-state index < -0.39 is 131 Å². The Kier molecular flexibility index (Phi) is 10.8. The number of aryl methyl sites for hydroxylation is 1. The van der Waals surface area contributed by atoms with Crippen LogP contribution in [0, 0.1) is 17.3 Å². The van der Waals surface area contributed by atoms with E-state index in [9.17, 15) is 48.9 Å². The highest BCUT2D eigenvalue weighted by Crippen LogP contribution is 2.69. The smallest absolute Gasteiger partial charge is 0.340 e. The van der Waals surface area contributed by atoms with Gasteiger partial charge < -0.3 is 53.0 Å². The normalized spacial score (nSPS) is 37.9. The lowest BCUT2D eigenvalue weighted by Gasteiger charge is -2.67. The molecular formula is C39H46N2O17. The maximum Gasteiger partial charge on any atom is 0.340 e. The zero-order valence-electron chi connectivity index (χ0n) is 33.0. The molecule has 4 aliphatic rings. The van der Waals surface area contributed by atoms with Crippen molar-refractivity contribution in [2.75, 3.05) is 13.2 Å². The third kappa shape index (κ3) is 6.34. The fourth-order valence-corrected chi connectivity index (χ4v) is 9.32. The first-order chi connectivity index (χ1) is 27.0. The molecule has 314 valence electrons. The van der Waals surface area contributed by atoms with Gasteiger partial charge in [-0.1, -0.05) is 13.8 Å². The first kappa shape index (κ1) is 42.4. The van der Waals surface area contributed by atoms with Gasteiger partial charge in [0.2, 0.25) is 5.56 Å². The minimum Gasteiger partial charge on any atom is -0.465 e. The second kappa shape index (κ2) is 14.9. The molecule has 19 nitrogen and oxygen atoms in total. The highest BCUT2D eigenvalue weighted by molar-refractivity contribution is 5.91. The third-order valence-corrected chi connectivity index (χ3v) is 12.2. The van der Waals surface area contributed by atoms with Crippen molar-refractivity contribution in [2.45, 2.75) is 108 Å². The fourth-order valence-electron chi connectivity index (χ4n) is 9.32. The van der Waals surface area contributed by atoms with Crippen LogP contribution in [0.2, 0.25) is 0 Å². The summed E-state index contributed by atoms with van der Waals surface area (Å²) in [6.07, 6.45) is -10.2. The van der Waals surface area contributed by atoms with E-state index in [4.69, 9.17) is 33.2 Å². The summed E-state index contributed by atoms with van der Waals surface area (Å²) in [4.78, 5) is 97.3.